The molecule has 15 heavy (non-hydrogen) atoms. The number of nitrogens with two attached hydrogens (primary N) is 1. The summed E-state index contributed by atoms with van der Waals surface area (Å²) in [6, 6.07) is 5.48. The van der Waals surface area contributed by atoms with E-state index in [0.717, 1.165) is 18.4 Å². The van der Waals surface area contributed by atoms with Crippen LogP contribution in [0.1, 0.15) is 24.4 Å². The lowest BCUT2D eigenvalue weighted by molar-refractivity contribution is 0.521. The van der Waals surface area contributed by atoms with Gasteiger partial charge in [-0.2, -0.15) is 0 Å². The molecule has 0 saturated carbocycles. The summed E-state index contributed by atoms with van der Waals surface area (Å²) in [5, 5.41) is 1.24. The molecule has 82 valence electrons. The van der Waals surface area contributed by atoms with E-state index in [2.05, 4.69) is 12.0 Å². The molecule has 1 unspecified atom stereocenters. The van der Waals surface area contributed by atoms with Gasteiger partial charge in [0, 0.05) is 16.1 Å². The van der Waals surface area contributed by atoms with Crippen molar-refractivity contribution in [1.82, 2.24) is 5.43 Å². The van der Waals surface area contributed by atoms with Gasteiger partial charge in [0.1, 0.15) is 0 Å². The molecule has 0 bridgehead atoms. The molecule has 0 fully saturated rings. The van der Waals surface area contributed by atoms with Gasteiger partial charge < -0.3 is 0 Å². The molecule has 0 heterocycles. The SMILES string of the molecule is C=CCCC(NN)c1cc(Cl)cc(Cl)c1. The highest BCUT2D eigenvalue weighted by Gasteiger charge is 2.09. The zero-order valence-electron chi connectivity index (χ0n) is 8.34. The molecule has 1 aromatic carbocycles. The van der Waals surface area contributed by atoms with Gasteiger partial charge >= 0.3 is 0 Å². The quantitative estimate of drug-likeness (QED) is 0.473. The largest absolute Gasteiger partial charge is 0.271 e. The van der Waals surface area contributed by atoms with Crippen LogP contribution in [0, 0.1) is 0 Å². The van der Waals surface area contributed by atoms with Crippen molar-refractivity contribution in [1.29, 1.82) is 0 Å². The average Bonchev–Trinajstić information content (AvgIpc) is 2.17. The highest BCUT2D eigenvalue weighted by molar-refractivity contribution is 6.34. The smallest absolute Gasteiger partial charge is 0.0464 e. The predicted molar refractivity (Wildman–Crippen MR) is 66.0 cm³/mol. The average molecular weight is 245 g/mol. The van der Waals surface area contributed by atoms with Crippen molar-refractivity contribution in [2.75, 3.05) is 0 Å². The number of halogens is 2. The van der Waals surface area contributed by atoms with Crippen LogP contribution in [0.15, 0.2) is 30.9 Å². The number of rotatable bonds is 5. The maximum atomic E-state index is 5.91. The molecule has 2 nitrogen and oxygen atoms in total. The second-order valence-electron chi connectivity index (χ2n) is 3.29. The fourth-order valence-corrected chi connectivity index (χ4v) is 1.95. The molecule has 1 atom stereocenters. The Morgan fingerprint density at radius 1 is 1.33 bits per heavy atom. The molecular formula is C11H14Cl2N2. The predicted octanol–water partition coefficient (Wildman–Crippen LogP) is 3.46. The minimum Gasteiger partial charge on any atom is -0.271 e. The number of benzene rings is 1. The van der Waals surface area contributed by atoms with E-state index in [-0.39, 0.29) is 6.04 Å². The van der Waals surface area contributed by atoms with Gasteiger partial charge in [-0.25, -0.2) is 0 Å². The number of hydrazine groups is 1. The van der Waals surface area contributed by atoms with Crippen LogP contribution >= 0.6 is 23.2 Å². The highest BCUT2D eigenvalue weighted by Crippen LogP contribution is 2.25. The van der Waals surface area contributed by atoms with Crippen molar-refractivity contribution in [3.05, 3.63) is 46.5 Å². The summed E-state index contributed by atoms with van der Waals surface area (Å²) in [7, 11) is 0. The van der Waals surface area contributed by atoms with Crippen molar-refractivity contribution < 1.29 is 0 Å². The van der Waals surface area contributed by atoms with Gasteiger partial charge in [0.15, 0.2) is 0 Å². The van der Waals surface area contributed by atoms with Crippen molar-refractivity contribution >= 4 is 23.2 Å². The van der Waals surface area contributed by atoms with E-state index in [4.69, 9.17) is 29.0 Å². The molecule has 3 N–H and O–H groups in total. The number of nitrogens with one attached hydrogen (secondary N) is 1. The molecule has 0 aliphatic rings. The van der Waals surface area contributed by atoms with Crippen LogP contribution in [-0.4, -0.2) is 0 Å². The summed E-state index contributed by atoms with van der Waals surface area (Å²) in [4.78, 5) is 0. The monoisotopic (exact) mass is 244 g/mol. The Morgan fingerprint density at radius 3 is 2.40 bits per heavy atom. The van der Waals surface area contributed by atoms with Crippen LogP contribution in [0.5, 0.6) is 0 Å². The molecular weight excluding hydrogens is 231 g/mol. The van der Waals surface area contributed by atoms with Gasteiger partial charge in [-0.15, -0.1) is 6.58 Å². The van der Waals surface area contributed by atoms with E-state index < -0.39 is 0 Å². The van der Waals surface area contributed by atoms with Crippen LogP contribution in [-0.2, 0) is 0 Å². The summed E-state index contributed by atoms with van der Waals surface area (Å²) in [6.45, 7) is 3.67. The summed E-state index contributed by atoms with van der Waals surface area (Å²) >= 11 is 11.8. The van der Waals surface area contributed by atoms with E-state index in [9.17, 15) is 0 Å². The van der Waals surface area contributed by atoms with Gasteiger partial charge in [0.2, 0.25) is 0 Å². The molecule has 0 saturated heterocycles. The summed E-state index contributed by atoms with van der Waals surface area (Å²) < 4.78 is 0. The molecule has 0 spiro atoms. The van der Waals surface area contributed by atoms with Crippen molar-refractivity contribution in [3.8, 4) is 0 Å². The molecule has 1 rings (SSSR count). The molecule has 0 amide bonds. The molecule has 4 heteroatoms. The Bertz CT molecular complexity index is 319. The Kier molecular flexibility index (Phi) is 5.12. The second-order valence-corrected chi connectivity index (χ2v) is 4.16. The zero-order chi connectivity index (χ0) is 11.3. The third-order valence-corrected chi connectivity index (χ3v) is 2.58. The summed E-state index contributed by atoms with van der Waals surface area (Å²) in [6.07, 6.45) is 3.62. The standard InChI is InChI=1S/C11H14Cl2N2/c1-2-3-4-11(15-14)8-5-9(12)7-10(13)6-8/h2,5-7,11,15H,1,3-4,14H2. The lowest BCUT2D eigenvalue weighted by atomic mass is 10.0. The second kappa shape index (κ2) is 6.13. The number of hydrogen-bond acceptors (Lipinski definition) is 2. The fourth-order valence-electron chi connectivity index (χ4n) is 1.41. The first-order chi connectivity index (χ1) is 7.17. The van der Waals surface area contributed by atoms with E-state index in [1.165, 1.54) is 0 Å². The first-order valence-electron chi connectivity index (χ1n) is 4.70. The first-order valence-corrected chi connectivity index (χ1v) is 5.46. The van der Waals surface area contributed by atoms with Crippen molar-refractivity contribution in [3.63, 3.8) is 0 Å². The highest BCUT2D eigenvalue weighted by atomic mass is 35.5. The lowest BCUT2D eigenvalue weighted by Gasteiger charge is -2.15. The fraction of sp³-hybridized carbons (Fsp3) is 0.273. The van der Waals surface area contributed by atoms with Crippen LogP contribution in [0.3, 0.4) is 0 Å². The van der Waals surface area contributed by atoms with E-state index in [1.54, 1.807) is 6.07 Å². The van der Waals surface area contributed by atoms with E-state index >= 15 is 0 Å². The molecule has 0 aromatic heterocycles. The Balaban J connectivity index is 2.85. The molecule has 0 radical (unpaired) electrons. The minimum atomic E-state index is 0.0548. The normalized spacial score (nSPS) is 12.5. The van der Waals surface area contributed by atoms with Crippen LogP contribution in [0.4, 0.5) is 0 Å². The Hall–Kier alpha value is -0.540. The summed E-state index contributed by atoms with van der Waals surface area (Å²) in [5.41, 5.74) is 3.74. The lowest BCUT2D eigenvalue weighted by Crippen LogP contribution is -2.27. The molecule has 0 aliphatic carbocycles. The van der Waals surface area contributed by atoms with Crippen LogP contribution < -0.4 is 11.3 Å². The number of hydrogen-bond donors (Lipinski definition) is 2. The van der Waals surface area contributed by atoms with Crippen molar-refractivity contribution in [2.45, 2.75) is 18.9 Å². The van der Waals surface area contributed by atoms with Gasteiger partial charge in [0.05, 0.1) is 0 Å². The number of allylic oxidation sites excluding steroid dienone is 1. The van der Waals surface area contributed by atoms with Gasteiger partial charge in [0.25, 0.3) is 0 Å². The topological polar surface area (TPSA) is 38.0 Å². The van der Waals surface area contributed by atoms with Gasteiger partial charge in [-0.3, -0.25) is 11.3 Å². The van der Waals surface area contributed by atoms with Crippen LogP contribution in [0.2, 0.25) is 10.0 Å². The first kappa shape index (κ1) is 12.5. The third kappa shape index (κ3) is 3.84. The van der Waals surface area contributed by atoms with Crippen molar-refractivity contribution in [2.24, 2.45) is 5.84 Å². The molecule has 1 aromatic rings. The Morgan fingerprint density at radius 2 is 1.93 bits per heavy atom. The van der Waals surface area contributed by atoms with Crippen LogP contribution in [0.25, 0.3) is 0 Å². The van der Waals surface area contributed by atoms with Gasteiger partial charge in [-0.05, 0) is 36.6 Å². The van der Waals surface area contributed by atoms with E-state index in [0.29, 0.717) is 10.0 Å². The minimum absolute atomic E-state index is 0.0548. The maximum Gasteiger partial charge on any atom is 0.0464 e. The maximum absolute atomic E-state index is 5.91. The van der Waals surface area contributed by atoms with E-state index in [1.807, 2.05) is 18.2 Å². The molecule has 0 aliphatic heterocycles. The zero-order valence-corrected chi connectivity index (χ0v) is 9.85. The Labute approximate surface area is 100 Å². The summed E-state index contributed by atoms with van der Waals surface area (Å²) in [5.74, 6) is 5.48. The third-order valence-electron chi connectivity index (χ3n) is 2.15. The van der Waals surface area contributed by atoms with Gasteiger partial charge in [-0.1, -0.05) is 29.3 Å².